The third-order valence-electron chi connectivity index (χ3n) is 10.4. The summed E-state index contributed by atoms with van der Waals surface area (Å²) in [6, 6.07) is 11.8. The highest BCUT2D eigenvalue weighted by molar-refractivity contribution is 7.39. The van der Waals surface area contributed by atoms with Crippen LogP contribution in [0.25, 0.3) is 61.3 Å². The fourth-order valence-electron chi connectivity index (χ4n) is 7.96. The van der Waals surface area contributed by atoms with Crippen LogP contribution in [0.2, 0.25) is 0 Å². The number of aryl methyl sites for hydroxylation is 4. The molecule has 0 N–H and O–H groups in total. The van der Waals surface area contributed by atoms with E-state index in [2.05, 4.69) is 0 Å². The number of hydrogen-bond acceptors (Lipinski definition) is 5. The fourth-order valence-corrected chi connectivity index (χ4v) is 14.4. The molecule has 0 spiro atoms. The lowest BCUT2D eigenvalue weighted by molar-refractivity contribution is -0.254. The normalized spacial score (nSPS) is 21.1. The second-order valence-corrected chi connectivity index (χ2v) is 19.5. The summed E-state index contributed by atoms with van der Waals surface area (Å²) in [6.07, 6.45) is 0. The SMILES string of the molecule is Cc1sc2ccccc2c1C1=C(c2c(C)sc3c2sc2c(C4=C(c5c(C)sc6ccccc56)C(F)(F)C(F)(F)C4(F)F)c(C)sc23)C(F)(F)C(F)(F)C1(F)F. The molecule has 17 heteroatoms. The van der Waals surface area contributed by atoms with Crippen LogP contribution in [0.3, 0.4) is 0 Å². The Kier molecular flexibility index (Phi) is 7.56. The minimum Gasteiger partial charge on any atom is -0.194 e. The van der Waals surface area contributed by atoms with Crippen LogP contribution < -0.4 is 0 Å². The summed E-state index contributed by atoms with van der Waals surface area (Å²) in [5.74, 6) is -33.5. The summed E-state index contributed by atoms with van der Waals surface area (Å²) in [7, 11) is 0. The van der Waals surface area contributed by atoms with Crippen LogP contribution in [0.4, 0.5) is 52.7 Å². The molecule has 0 saturated heterocycles. The van der Waals surface area contributed by atoms with E-state index in [9.17, 15) is 0 Å². The van der Waals surface area contributed by atoms with E-state index in [0.29, 0.717) is 20.7 Å². The largest absolute Gasteiger partial charge is 0.380 e. The fraction of sp³-hybridized carbons (Fsp3) is 0.263. The van der Waals surface area contributed by atoms with Crippen molar-refractivity contribution in [2.24, 2.45) is 0 Å². The van der Waals surface area contributed by atoms with Gasteiger partial charge in [-0.3, -0.25) is 0 Å². The van der Waals surface area contributed by atoms with Crippen LogP contribution in [0.15, 0.2) is 48.5 Å². The van der Waals surface area contributed by atoms with Crippen molar-refractivity contribution in [2.45, 2.75) is 63.2 Å². The van der Waals surface area contributed by atoms with E-state index in [1.165, 1.54) is 64.1 Å². The molecule has 0 amide bonds. The molecule has 7 aromatic rings. The summed E-state index contributed by atoms with van der Waals surface area (Å²) < 4.78 is 191. The van der Waals surface area contributed by atoms with Gasteiger partial charge < -0.3 is 0 Å². The van der Waals surface area contributed by atoms with Crippen molar-refractivity contribution < 1.29 is 52.7 Å². The van der Waals surface area contributed by atoms with Crippen LogP contribution in [-0.2, 0) is 0 Å². The van der Waals surface area contributed by atoms with Crippen molar-refractivity contribution in [1.82, 2.24) is 0 Å². The molecule has 5 aromatic heterocycles. The van der Waals surface area contributed by atoms with E-state index in [-0.39, 0.29) is 49.1 Å². The monoisotopic (exact) mass is 864 g/mol. The topological polar surface area (TPSA) is 0 Å². The van der Waals surface area contributed by atoms with E-state index >= 15 is 52.7 Å². The lowest BCUT2D eigenvalue weighted by Gasteiger charge is -2.26. The zero-order valence-electron chi connectivity index (χ0n) is 28.2. The quantitative estimate of drug-likeness (QED) is 0.155. The maximum Gasteiger partial charge on any atom is 0.380 e. The van der Waals surface area contributed by atoms with Crippen LogP contribution in [0.1, 0.15) is 41.8 Å². The molecular weight excluding hydrogens is 845 g/mol. The molecule has 286 valence electrons. The molecule has 2 aromatic carbocycles. The highest BCUT2D eigenvalue weighted by Crippen LogP contribution is 2.70. The van der Waals surface area contributed by atoms with Gasteiger partial charge in [0, 0.05) is 84.2 Å². The van der Waals surface area contributed by atoms with Gasteiger partial charge in [0.15, 0.2) is 0 Å². The smallest absolute Gasteiger partial charge is 0.194 e. The average Bonchev–Trinajstić information content (AvgIpc) is 3.89. The molecule has 2 aliphatic carbocycles. The van der Waals surface area contributed by atoms with Crippen molar-refractivity contribution in [3.8, 4) is 0 Å². The molecule has 5 heterocycles. The molecule has 0 bridgehead atoms. The van der Waals surface area contributed by atoms with E-state index < -0.39 is 80.1 Å². The maximum atomic E-state index is 16.2. The molecule has 9 rings (SSSR count). The van der Waals surface area contributed by atoms with Gasteiger partial charge in [-0.05, 0) is 39.8 Å². The van der Waals surface area contributed by atoms with E-state index in [1.807, 2.05) is 0 Å². The Morgan fingerprint density at radius 3 is 0.982 bits per heavy atom. The lowest BCUT2D eigenvalue weighted by Crippen LogP contribution is -2.49. The second kappa shape index (κ2) is 11.2. The van der Waals surface area contributed by atoms with E-state index in [4.69, 9.17) is 0 Å². The molecule has 55 heavy (non-hydrogen) atoms. The molecule has 0 aliphatic heterocycles. The van der Waals surface area contributed by atoms with Gasteiger partial charge in [0.25, 0.3) is 0 Å². The third kappa shape index (κ3) is 4.31. The Balaban J connectivity index is 1.40. The van der Waals surface area contributed by atoms with Crippen LogP contribution in [0, 0.1) is 27.7 Å². The number of benzene rings is 2. The molecule has 0 nitrogen and oxygen atoms in total. The van der Waals surface area contributed by atoms with Crippen molar-refractivity contribution in [3.05, 3.63) is 90.3 Å². The first-order chi connectivity index (χ1) is 25.5. The minimum atomic E-state index is -5.90. The number of hydrogen-bond donors (Lipinski definition) is 0. The standard InChI is InChI=1S/C38H20F12S5/c1-13-21(17-9-5-7-11-19(17)51-13)25-27(35(43,44)37(47,48)33(25,39)40)23-15(3)53-31-29(23)55-30-24(16(4)54-32(30)31)28-26(34(41,42)38(49,50)36(28,45)46)22-14(2)52-20-12-8-6-10-18(20)22/h5-12H,1-4H3. The Morgan fingerprint density at radius 2 is 0.636 bits per heavy atom. The maximum absolute atomic E-state index is 16.2. The third-order valence-corrected chi connectivity index (χ3v) is 16.4. The summed E-state index contributed by atoms with van der Waals surface area (Å²) in [6.45, 7) is 5.23. The minimum absolute atomic E-state index is 0.0425. The predicted molar refractivity (Wildman–Crippen MR) is 201 cm³/mol. The molecule has 0 radical (unpaired) electrons. The number of rotatable bonds is 4. The molecule has 0 unspecified atom stereocenters. The number of thiophene rings is 5. The van der Waals surface area contributed by atoms with Gasteiger partial charge in [-0.1, -0.05) is 36.4 Å². The van der Waals surface area contributed by atoms with Crippen molar-refractivity contribution in [2.75, 3.05) is 0 Å². The van der Waals surface area contributed by atoms with Gasteiger partial charge >= 0.3 is 35.5 Å². The Morgan fingerprint density at radius 1 is 0.345 bits per heavy atom. The first-order valence-electron chi connectivity index (χ1n) is 16.2. The number of fused-ring (bicyclic) bond motifs is 5. The van der Waals surface area contributed by atoms with Crippen LogP contribution in [0.5, 0.6) is 0 Å². The summed E-state index contributed by atoms with van der Waals surface area (Å²) in [5.41, 5.74) is -8.79. The molecule has 2 aliphatic rings. The first kappa shape index (κ1) is 37.2. The second-order valence-electron chi connectivity index (χ2n) is 13.5. The zero-order valence-corrected chi connectivity index (χ0v) is 32.3. The van der Waals surface area contributed by atoms with Crippen LogP contribution >= 0.6 is 56.7 Å². The highest BCUT2D eigenvalue weighted by atomic mass is 32.1. The predicted octanol–water partition coefficient (Wildman–Crippen LogP) is 15.5. The summed E-state index contributed by atoms with van der Waals surface area (Å²) in [5, 5.41) is 0.0850. The van der Waals surface area contributed by atoms with Crippen molar-refractivity contribution in [3.63, 3.8) is 0 Å². The van der Waals surface area contributed by atoms with Crippen molar-refractivity contribution >= 4 is 118 Å². The van der Waals surface area contributed by atoms with Gasteiger partial charge in [-0.25, -0.2) is 0 Å². The number of alkyl halides is 12. The Bertz CT molecular complexity index is 2690. The van der Waals surface area contributed by atoms with Gasteiger partial charge in [0.1, 0.15) is 0 Å². The number of allylic oxidation sites excluding steroid dienone is 4. The molecule has 0 fully saturated rings. The van der Waals surface area contributed by atoms with Gasteiger partial charge in [-0.15, -0.1) is 56.7 Å². The molecule has 0 atom stereocenters. The zero-order chi connectivity index (χ0) is 39.7. The van der Waals surface area contributed by atoms with Gasteiger partial charge in [0.2, 0.25) is 0 Å². The van der Waals surface area contributed by atoms with Gasteiger partial charge in [0.05, 0.1) is 18.8 Å². The van der Waals surface area contributed by atoms with Gasteiger partial charge in [-0.2, -0.15) is 52.7 Å². The first-order valence-corrected chi connectivity index (χ1v) is 20.3. The Labute approximate surface area is 322 Å². The molecule has 0 saturated carbocycles. The van der Waals surface area contributed by atoms with E-state index in [1.54, 1.807) is 12.1 Å². The summed E-state index contributed by atoms with van der Waals surface area (Å²) in [4.78, 5) is -0.00877. The van der Waals surface area contributed by atoms with Crippen LogP contribution in [-0.4, -0.2) is 35.5 Å². The highest BCUT2D eigenvalue weighted by Gasteiger charge is 2.82. The lowest BCUT2D eigenvalue weighted by atomic mass is 9.93. The summed E-state index contributed by atoms with van der Waals surface area (Å²) >= 11 is 3.84. The van der Waals surface area contributed by atoms with Crippen molar-refractivity contribution in [1.29, 1.82) is 0 Å². The molecular formula is C38H20F12S5. The average molecular weight is 865 g/mol. The van der Waals surface area contributed by atoms with E-state index in [0.717, 1.165) is 45.3 Å². The number of halogens is 12. The Hall–Kier alpha value is -3.38.